The summed E-state index contributed by atoms with van der Waals surface area (Å²) >= 11 is 0. The molecule has 0 saturated heterocycles. The quantitative estimate of drug-likeness (QED) is 0.538. The van der Waals surface area contributed by atoms with Crippen molar-refractivity contribution in [2.24, 2.45) is 0 Å². The minimum Gasteiger partial charge on any atom is -0.292 e. The average Bonchev–Trinajstić information content (AvgIpc) is 3.06. The van der Waals surface area contributed by atoms with Crippen LogP contribution in [0, 0.1) is 6.92 Å². The van der Waals surface area contributed by atoms with E-state index in [0.29, 0.717) is 17.2 Å². The van der Waals surface area contributed by atoms with Crippen LogP contribution in [0.25, 0.3) is 17.0 Å². The van der Waals surface area contributed by atoms with Crippen molar-refractivity contribution in [3.63, 3.8) is 0 Å². The van der Waals surface area contributed by atoms with Crippen molar-refractivity contribution in [1.29, 1.82) is 0 Å². The first-order valence-corrected chi connectivity index (χ1v) is 8.06. The van der Waals surface area contributed by atoms with Gasteiger partial charge < -0.3 is 0 Å². The summed E-state index contributed by atoms with van der Waals surface area (Å²) in [5.74, 6) is 0.539. The van der Waals surface area contributed by atoms with Crippen LogP contribution in [0.2, 0.25) is 0 Å². The molecule has 0 aliphatic rings. The molecule has 1 aromatic carbocycles. The number of fused-ring (bicyclic) bond motifs is 1. The van der Waals surface area contributed by atoms with E-state index in [1.807, 2.05) is 72.2 Å². The Morgan fingerprint density at radius 1 is 0.960 bits per heavy atom. The number of carbonyl (C=O) groups excluding carboxylic acids is 1. The molecule has 0 spiro atoms. The summed E-state index contributed by atoms with van der Waals surface area (Å²) in [6, 6.07) is 17.2. The van der Waals surface area contributed by atoms with Gasteiger partial charge in [0.25, 0.3) is 0 Å². The zero-order valence-electron chi connectivity index (χ0n) is 13.8. The van der Waals surface area contributed by atoms with Crippen molar-refractivity contribution in [3.05, 3.63) is 84.1 Å². The molecule has 4 rings (SSSR count). The van der Waals surface area contributed by atoms with Crippen molar-refractivity contribution in [2.45, 2.75) is 13.3 Å². The van der Waals surface area contributed by atoms with E-state index < -0.39 is 0 Å². The van der Waals surface area contributed by atoms with Gasteiger partial charge in [0.1, 0.15) is 5.69 Å². The zero-order chi connectivity index (χ0) is 17.2. The van der Waals surface area contributed by atoms with Crippen LogP contribution in [0.15, 0.2) is 67.0 Å². The second-order valence-corrected chi connectivity index (χ2v) is 5.88. The summed E-state index contributed by atoms with van der Waals surface area (Å²) in [5.41, 5.74) is 3.88. The van der Waals surface area contributed by atoms with E-state index in [1.54, 1.807) is 6.07 Å². The lowest BCUT2D eigenvalue weighted by Crippen LogP contribution is -2.08. The molecule has 0 aliphatic carbocycles. The maximum Gasteiger partial charge on any atom is 0.234 e. The van der Waals surface area contributed by atoms with Crippen LogP contribution in [-0.2, 0) is 6.42 Å². The summed E-state index contributed by atoms with van der Waals surface area (Å²) in [6.07, 6.45) is 4.03. The van der Waals surface area contributed by atoms with Gasteiger partial charge in [0.2, 0.25) is 5.78 Å². The van der Waals surface area contributed by atoms with Gasteiger partial charge in [-0.05, 0) is 25.1 Å². The van der Waals surface area contributed by atoms with Gasteiger partial charge in [0, 0.05) is 23.7 Å². The summed E-state index contributed by atoms with van der Waals surface area (Å²) in [5, 5.41) is 0. The molecule has 25 heavy (non-hydrogen) atoms. The molecular weight excluding hydrogens is 312 g/mol. The molecular formula is C20H16N4O. The monoisotopic (exact) mass is 328 g/mol. The predicted molar refractivity (Wildman–Crippen MR) is 95.4 cm³/mol. The van der Waals surface area contributed by atoms with Gasteiger partial charge in [0.05, 0.1) is 17.8 Å². The van der Waals surface area contributed by atoms with E-state index in [-0.39, 0.29) is 12.2 Å². The number of nitrogens with zero attached hydrogens (tertiary/aromatic N) is 4. The highest BCUT2D eigenvalue weighted by Gasteiger charge is 2.11. The number of pyridine rings is 1. The molecule has 5 nitrogen and oxygen atoms in total. The maximum absolute atomic E-state index is 12.4. The number of imidazole rings is 1. The molecule has 122 valence electrons. The van der Waals surface area contributed by atoms with Crippen LogP contribution in [0.5, 0.6) is 0 Å². The minimum atomic E-state index is -0.0459. The highest BCUT2D eigenvalue weighted by molar-refractivity contribution is 5.95. The number of Topliss-reactive ketones (excluding diaryl/α,β-unsaturated/α-hetero) is 1. The number of carbonyl (C=O) groups is 1. The summed E-state index contributed by atoms with van der Waals surface area (Å²) in [4.78, 5) is 25.8. The largest absolute Gasteiger partial charge is 0.292 e. The fraction of sp³-hybridized carbons (Fsp3) is 0.100. The second kappa shape index (κ2) is 6.28. The third-order valence-corrected chi connectivity index (χ3v) is 3.97. The van der Waals surface area contributed by atoms with Crippen molar-refractivity contribution in [1.82, 2.24) is 19.4 Å². The Bertz CT molecular complexity index is 1050. The second-order valence-electron chi connectivity index (χ2n) is 5.88. The van der Waals surface area contributed by atoms with Crippen molar-refractivity contribution in [3.8, 4) is 11.3 Å². The van der Waals surface area contributed by atoms with E-state index in [0.717, 1.165) is 17.0 Å². The first-order valence-electron chi connectivity index (χ1n) is 8.06. The minimum absolute atomic E-state index is 0.0459. The molecule has 0 amide bonds. The third-order valence-electron chi connectivity index (χ3n) is 3.97. The number of rotatable bonds is 4. The molecule has 5 heteroatoms. The van der Waals surface area contributed by atoms with E-state index in [2.05, 4.69) is 15.0 Å². The van der Waals surface area contributed by atoms with Gasteiger partial charge in [-0.25, -0.2) is 9.97 Å². The number of benzene rings is 1. The van der Waals surface area contributed by atoms with Crippen LogP contribution in [0.1, 0.15) is 21.9 Å². The van der Waals surface area contributed by atoms with E-state index >= 15 is 0 Å². The number of ketones is 1. The fourth-order valence-corrected chi connectivity index (χ4v) is 2.71. The Balaban J connectivity index is 1.62. The molecule has 3 aromatic heterocycles. The van der Waals surface area contributed by atoms with Gasteiger partial charge in [-0.3, -0.25) is 14.2 Å². The molecule has 0 bridgehead atoms. The van der Waals surface area contributed by atoms with Crippen LogP contribution in [-0.4, -0.2) is 25.1 Å². The maximum atomic E-state index is 12.4. The van der Waals surface area contributed by atoms with Crippen LogP contribution < -0.4 is 0 Å². The highest BCUT2D eigenvalue weighted by atomic mass is 16.1. The van der Waals surface area contributed by atoms with Gasteiger partial charge in [0.15, 0.2) is 5.78 Å². The smallest absolute Gasteiger partial charge is 0.234 e. The van der Waals surface area contributed by atoms with Crippen molar-refractivity contribution >= 4 is 11.6 Å². The molecule has 0 N–H and O–H groups in total. The van der Waals surface area contributed by atoms with Crippen LogP contribution >= 0.6 is 0 Å². The summed E-state index contributed by atoms with van der Waals surface area (Å²) in [7, 11) is 0. The van der Waals surface area contributed by atoms with Gasteiger partial charge in [-0.15, -0.1) is 0 Å². The Labute approximate surface area is 145 Å². The number of hydrogen-bond acceptors (Lipinski definition) is 4. The molecule has 3 heterocycles. The van der Waals surface area contributed by atoms with Gasteiger partial charge in [-0.2, -0.15) is 0 Å². The number of aromatic nitrogens is 4. The highest BCUT2D eigenvalue weighted by Crippen LogP contribution is 2.18. The third kappa shape index (κ3) is 3.17. The Kier molecular flexibility index (Phi) is 3.82. The lowest BCUT2D eigenvalue weighted by Gasteiger charge is -2.02. The predicted octanol–water partition coefficient (Wildman–Crippen LogP) is 3.53. The first-order chi connectivity index (χ1) is 12.2. The van der Waals surface area contributed by atoms with Crippen molar-refractivity contribution in [2.75, 3.05) is 0 Å². The lowest BCUT2D eigenvalue weighted by molar-refractivity contribution is 0.0987. The molecule has 0 aliphatic heterocycles. The topological polar surface area (TPSA) is 60.2 Å². The number of hydrogen-bond donors (Lipinski definition) is 0. The molecule has 0 fully saturated rings. The Hall–Kier alpha value is -3.34. The molecule has 0 atom stereocenters. The number of aryl methyl sites for hydroxylation is 1. The van der Waals surface area contributed by atoms with Gasteiger partial charge in [-0.1, -0.05) is 36.4 Å². The Morgan fingerprint density at radius 2 is 1.80 bits per heavy atom. The standard InChI is InChI=1S/C20H16N4O/c1-14-6-5-9-17(21-14)19(25)12-16-10-11-24-13-18(23-20(24)22-16)15-7-3-2-4-8-15/h2-11,13H,12H2,1H3. The average molecular weight is 328 g/mol. The van der Waals surface area contributed by atoms with E-state index in [1.165, 1.54) is 0 Å². The van der Waals surface area contributed by atoms with Crippen LogP contribution in [0.3, 0.4) is 0 Å². The molecule has 0 saturated carbocycles. The Morgan fingerprint density at radius 3 is 2.60 bits per heavy atom. The molecule has 0 unspecified atom stereocenters. The molecule has 4 aromatic rings. The van der Waals surface area contributed by atoms with Crippen molar-refractivity contribution < 1.29 is 4.79 Å². The first kappa shape index (κ1) is 15.2. The summed E-state index contributed by atoms with van der Waals surface area (Å²) in [6.45, 7) is 1.87. The van der Waals surface area contributed by atoms with E-state index in [4.69, 9.17) is 0 Å². The molecule has 0 radical (unpaired) electrons. The van der Waals surface area contributed by atoms with Gasteiger partial charge >= 0.3 is 0 Å². The SMILES string of the molecule is Cc1cccc(C(=O)Cc2ccn3cc(-c4ccccc4)nc3n2)n1. The lowest BCUT2D eigenvalue weighted by atomic mass is 10.1. The van der Waals surface area contributed by atoms with Crippen LogP contribution in [0.4, 0.5) is 0 Å². The zero-order valence-corrected chi connectivity index (χ0v) is 13.8. The fourth-order valence-electron chi connectivity index (χ4n) is 2.71. The normalized spacial score (nSPS) is 10.9. The van der Waals surface area contributed by atoms with E-state index in [9.17, 15) is 4.79 Å². The summed E-state index contributed by atoms with van der Waals surface area (Å²) < 4.78 is 1.86.